The maximum atomic E-state index is 13.1. The zero-order valence-corrected chi connectivity index (χ0v) is 12.1. The van der Waals surface area contributed by atoms with Crippen molar-refractivity contribution in [2.24, 2.45) is 0 Å². The Morgan fingerprint density at radius 1 is 1.10 bits per heavy atom. The molecule has 2 rings (SSSR count). The summed E-state index contributed by atoms with van der Waals surface area (Å²) in [5.74, 6) is -0.699. The van der Waals surface area contributed by atoms with Crippen molar-refractivity contribution in [1.29, 1.82) is 0 Å². The molecule has 0 aliphatic heterocycles. The van der Waals surface area contributed by atoms with E-state index in [9.17, 15) is 17.6 Å². The Labute approximate surface area is 126 Å². The lowest BCUT2D eigenvalue weighted by Crippen LogP contribution is -2.17. The van der Waals surface area contributed by atoms with Crippen molar-refractivity contribution in [3.63, 3.8) is 0 Å². The van der Waals surface area contributed by atoms with Crippen LogP contribution in [-0.2, 0) is 6.54 Å². The monoisotopic (exact) mass is 363 g/mol. The molecule has 7 heteroatoms. The Morgan fingerprint density at radius 3 is 2.57 bits per heavy atom. The van der Waals surface area contributed by atoms with Gasteiger partial charge in [-0.15, -0.1) is 13.2 Å². The molecule has 0 bridgehead atoms. The fraction of sp³-hybridized carbons (Fsp3) is 0.143. The molecule has 112 valence electrons. The first-order valence-electron chi connectivity index (χ1n) is 5.87. The predicted octanol–water partition coefficient (Wildman–Crippen LogP) is 5.10. The van der Waals surface area contributed by atoms with Crippen LogP contribution < -0.4 is 10.1 Å². The van der Waals surface area contributed by atoms with Crippen molar-refractivity contribution in [3.05, 3.63) is 58.3 Å². The van der Waals surface area contributed by atoms with E-state index in [4.69, 9.17) is 0 Å². The fourth-order valence-electron chi connectivity index (χ4n) is 1.68. The number of nitrogens with one attached hydrogen (secondary N) is 1. The quantitative estimate of drug-likeness (QED) is 0.763. The highest BCUT2D eigenvalue weighted by Gasteiger charge is 2.31. The summed E-state index contributed by atoms with van der Waals surface area (Å²) < 4.78 is 54.0. The van der Waals surface area contributed by atoms with Crippen LogP contribution in [0.5, 0.6) is 5.75 Å². The van der Waals surface area contributed by atoms with E-state index in [2.05, 4.69) is 26.0 Å². The first-order chi connectivity index (χ1) is 9.83. The Balaban J connectivity index is 2.06. The number of halogens is 5. The molecular weight excluding hydrogens is 354 g/mol. The van der Waals surface area contributed by atoms with Gasteiger partial charge in [0, 0.05) is 11.0 Å². The molecule has 0 saturated heterocycles. The summed E-state index contributed by atoms with van der Waals surface area (Å²) in [5.41, 5.74) is 1.09. The second kappa shape index (κ2) is 6.34. The Morgan fingerprint density at radius 2 is 1.86 bits per heavy atom. The second-order valence-electron chi connectivity index (χ2n) is 4.17. The highest BCUT2D eigenvalue weighted by Crippen LogP contribution is 2.26. The lowest BCUT2D eigenvalue weighted by atomic mass is 10.2. The fourth-order valence-corrected chi connectivity index (χ4v) is 2.07. The average molecular weight is 364 g/mol. The van der Waals surface area contributed by atoms with Gasteiger partial charge in [-0.3, -0.25) is 0 Å². The summed E-state index contributed by atoms with van der Waals surface area (Å²) >= 11 is 3.26. The molecule has 2 nitrogen and oxygen atoms in total. The van der Waals surface area contributed by atoms with Gasteiger partial charge in [-0.1, -0.05) is 12.1 Å². The van der Waals surface area contributed by atoms with Gasteiger partial charge in [0.25, 0.3) is 0 Å². The minimum atomic E-state index is -4.72. The molecule has 0 atom stereocenters. The molecule has 0 spiro atoms. The molecule has 1 N–H and O–H groups in total. The van der Waals surface area contributed by atoms with E-state index in [0.29, 0.717) is 15.7 Å². The molecule has 2 aromatic rings. The molecule has 0 radical (unpaired) electrons. The molecule has 0 aliphatic carbocycles. The summed E-state index contributed by atoms with van der Waals surface area (Å²) in [5, 5.41) is 2.94. The van der Waals surface area contributed by atoms with Crippen LogP contribution in [0.4, 0.5) is 23.2 Å². The summed E-state index contributed by atoms with van der Waals surface area (Å²) in [7, 11) is 0. The van der Waals surface area contributed by atoms with Gasteiger partial charge in [-0.25, -0.2) is 4.39 Å². The Kier molecular flexibility index (Phi) is 4.72. The lowest BCUT2D eigenvalue weighted by Gasteiger charge is -2.12. The normalized spacial score (nSPS) is 11.3. The molecule has 0 saturated carbocycles. The first-order valence-corrected chi connectivity index (χ1v) is 6.66. The molecule has 21 heavy (non-hydrogen) atoms. The molecule has 0 unspecified atom stereocenters. The standard InChI is InChI=1S/C14H10BrF4NO/c15-12-5-4-10(16)7-13(12)20-8-9-2-1-3-11(6-9)21-14(17,18)19/h1-7,20H,8H2. The van der Waals surface area contributed by atoms with E-state index < -0.39 is 12.2 Å². The highest BCUT2D eigenvalue weighted by molar-refractivity contribution is 9.10. The third-order valence-corrected chi connectivity index (χ3v) is 3.23. The largest absolute Gasteiger partial charge is 0.573 e. The lowest BCUT2D eigenvalue weighted by molar-refractivity contribution is -0.274. The van der Waals surface area contributed by atoms with Crippen molar-refractivity contribution >= 4 is 21.6 Å². The summed E-state index contributed by atoms with van der Waals surface area (Å²) in [6.07, 6.45) is -4.72. The first kappa shape index (κ1) is 15.6. The number of rotatable bonds is 4. The summed E-state index contributed by atoms with van der Waals surface area (Å²) in [6.45, 7) is 0.233. The number of hydrogen-bond acceptors (Lipinski definition) is 2. The van der Waals surface area contributed by atoms with Crippen molar-refractivity contribution in [2.45, 2.75) is 12.9 Å². The predicted molar refractivity (Wildman–Crippen MR) is 74.6 cm³/mol. The van der Waals surface area contributed by atoms with E-state index >= 15 is 0 Å². The topological polar surface area (TPSA) is 21.3 Å². The van der Waals surface area contributed by atoms with Crippen LogP contribution in [-0.4, -0.2) is 6.36 Å². The molecule has 0 fully saturated rings. The molecule has 2 aromatic carbocycles. The smallest absolute Gasteiger partial charge is 0.406 e. The number of ether oxygens (including phenoxy) is 1. The van der Waals surface area contributed by atoms with Crippen molar-refractivity contribution in [1.82, 2.24) is 0 Å². The third-order valence-electron chi connectivity index (χ3n) is 2.54. The van der Waals surface area contributed by atoms with Gasteiger partial charge in [0.15, 0.2) is 0 Å². The number of anilines is 1. The minimum absolute atomic E-state index is 0.233. The van der Waals surface area contributed by atoms with Crippen LogP contribution in [0.3, 0.4) is 0 Å². The Hall–Kier alpha value is -1.76. The maximum Gasteiger partial charge on any atom is 0.573 e. The van der Waals surface area contributed by atoms with Gasteiger partial charge in [0.2, 0.25) is 0 Å². The van der Waals surface area contributed by atoms with Gasteiger partial charge in [0.05, 0.1) is 5.69 Å². The van der Waals surface area contributed by atoms with E-state index in [1.54, 1.807) is 12.1 Å². The summed E-state index contributed by atoms with van der Waals surface area (Å²) in [6, 6.07) is 9.72. The molecule has 0 aliphatic rings. The van der Waals surface area contributed by atoms with Gasteiger partial charge in [-0.2, -0.15) is 0 Å². The Bertz CT molecular complexity index is 631. The second-order valence-corrected chi connectivity index (χ2v) is 5.03. The van der Waals surface area contributed by atoms with E-state index in [0.717, 1.165) is 0 Å². The van der Waals surface area contributed by atoms with E-state index in [-0.39, 0.29) is 12.3 Å². The van der Waals surface area contributed by atoms with Crippen LogP contribution in [0.1, 0.15) is 5.56 Å². The van der Waals surface area contributed by atoms with E-state index in [1.807, 2.05) is 0 Å². The third kappa shape index (κ3) is 4.93. The SMILES string of the molecule is Fc1ccc(Br)c(NCc2cccc(OC(F)(F)F)c2)c1. The molecule has 0 aromatic heterocycles. The molecule has 0 amide bonds. The van der Waals surface area contributed by atoms with Gasteiger partial charge >= 0.3 is 6.36 Å². The molecular formula is C14H10BrF4NO. The van der Waals surface area contributed by atoms with Crippen molar-refractivity contribution in [2.75, 3.05) is 5.32 Å². The zero-order chi connectivity index (χ0) is 15.5. The average Bonchev–Trinajstić information content (AvgIpc) is 2.38. The maximum absolute atomic E-state index is 13.1. The zero-order valence-electron chi connectivity index (χ0n) is 10.5. The summed E-state index contributed by atoms with van der Waals surface area (Å²) in [4.78, 5) is 0. The number of alkyl halides is 3. The van der Waals surface area contributed by atoms with E-state index in [1.165, 1.54) is 30.3 Å². The van der Waals surface area contributed by atoms with Gasteiger partial charge in [0.1, 0.15) is 11.6 Å². The van der Waals surface area contributed by atoms with Gasteiger partial charge < -0.3 is 10.1 Å². The van der Waals surface area contributed by atoms with Crippen LogP contribution >= 0.6 is 15.9 Å². The number of benzene rings is 2. The minimum Gasteiger partial charge on any atom is -0.406 e. The van der Waals surface area contributed by atoms with Gasteiger partial charge in [-0.05, 0) is 51.8 Å². The highest BCUT2D eigenvalue weighted by atomic mass is 79.9. The van der Waals surface area contributed by atoms with Crippen molar-refractivity contribution in [3.8, 4) is 5.75 Å². The number of hydrogen-bond donors (Lipinski definition) is 1. The van der Waals surface area contributed by atoms with Crippen LogP contribution in [0.25, 0.3) is 0 Å². The van der Waals surface area contributed by atoms with Crippen LogP contribution in [0.2, 0.25) is 0 Å². The molecule has 0 heterocycles. The van der Waals surface area contributed by atoms with Crippen LogP contribution in [0.15, 0.2) is 46.9 Å². The van der Waals surface area contributed by atoms with Crippen molar-refractivity contribution < 1.29 is 22.3 Å². The van der Waals surface area contributed by atoms with Crippen LogP contribution in [0, 0.1) is 5.82 Å².